The van der Waals surface area contributed by atoms with Gasteiger partial charge in [-0.05, 0) is 42.7 Å². The number of aryl methyl sites for hydroxylation is 1. The molecule has 2 aromatic carbocycles. The first kappa shape index (κ1) is 18.3. The normalized spacial score (nSPS) is 17.5. The van der Waals surface area contributed by atoms with Crippen molar-refractivity contribution in [2.24, 2.45) is 0 Å². The van der Waals surface area contributed by atoms with Crippen molar-refractivity contribution >= 4 is 11.6 Å². The molecule has 0 radical (unpaired) electrons. The van der Waals surface area contributed by atoms with E-state index in [4.69, 9.17) is 0 Å². The van der Waals surface area contributed by atoms with Crippen LogP contribution in [0.5, 0.6) is 5.75 Å². The van der Waals surface area contributed by atoms with Gasteiger partial charge in [-0.1, -0.05) is 24.3 Å². The fourth-order valence-corrected chi connectivity index (χ4v) is 3.57. The van der Waals surface area contributed by atoms with Gasteiger partial charge in [-0.25, -0.2) is 0 Å². The molecule has 2 aromatic rings. The van der Waals surface area contributed by atoms with Crippen molar-refractivity contribution in [2.45, 2.75) is 31.9 Å². The first-order chi connectivity index (χ1) is 12.5. The van der Waals surface area contributed by atoms with Crippen molar-refractivity contribution in [3.63, 3.8) is 0 Å². The number of hydrogen-bond donors (Lipinski definition) is 2. The average molecular weight is 361 g/mol. The molecule has 0 spiro atoms. The highest BCUT2D eigenvalue weighted by atomic mass is 19.3. The predicted molar refractivity (Wildman–Crippen MR) is 95.6 cm³/mol. The van der Waals surface area contributed by atoms with Crippen molar-refractivity contribution in [3.8, 4) is 5.75 Å². The maximum atomic E-state index is 12.4. The Morgan fingerprint density at radius 1 is 1.23 bits per heavy atom. The number of likely N-dealkylation sites (N-methyl/N-ethyl adjacent to an activating group) is 1. The Bertz CT molecular complexity index is 750. The summed E-state index contributed by atoms with van der Waals surface area (Å²) in [6.07, 6.45) is 3.29. The third-order valence-electron chi connectivity index (χ3n) is 4.77. The van der Waals surface area contributed by atoms with Gasteiger partial charge in [0, 0.05) is 17.7 Å². The Morgan fingerprint density at radius 3 is 2.69 bits per heavy atom. The molecule has 0 bridgehead atoms. The van der Waals surface area contributed by atoms with Crippen LogP contribution in [-0.2, 0) is 11.2 Å². The van der Waals surface area contributed by atoms with Gasteiger partial charge in [-0.15, -0.1) is 0 Å². The van der Waals surface area contributed by atoms with Crippen molar-refractivity contribution in [1.29, 1.82) is 0 Å². The van der Waals surface area contributed by atoms with E-state index in [1.54, 1.807) is 12.1 Å². The molecule has 0 aromatic heterocycles. The summed E-state index contributed by atoms with van der Waals surface area (Å²) in [6, 6.07) is 14.7. The van der Waals surface area contributed by atoms with Crippen LogP contribution in [0.15, 0.2) is 48.5 Å². The van der Waals surface area contributed by atoms with Crippen LogP contribution in [0.2, 0.25) is 0 Å². The van der Waals surface area contributed by atoms with E-state index < -0.39 is 6.61 Å². The van der Waals surface area contributed by atoms with Gasteiger partial charge in [0.1, 0.15) is 11.8 Å². The van der Waals surface area contributed by atoms with Crippen LogP contribution in [0.25, 0.3) is 0 Å². The summed E-state index contributed by atoms with van der Waals surface area (Å²) < 4.78 is 28.6. The largest absolute Gasteiger partial charge is 0.435 e. The molecule has 1 unspecified atom stereocenters. The molecule has 138 valence electrons. The minimum absolute atomic E-state index is 0.0690. The van der Waals surface area contributed by atoms with Crippen molar-refractivity contribution < 1.29 is 23.2 Å². The Balaban J connectivity index is 1.58. The number of alkyl halides is 2. The maximum absolute atomic E-state index is 12.4. The highest BCUT2D eigenvalue weighted by Crippen LogP contribution is 2.27. The summed E-state index contributed by atoms with van der Waals surface area (Å²) in [5, 5.41) is 2.81. The van der Waals surface area contributed by atoms with Gasteiger partial charge in [0.25, 0.3) is 5.91 Å². The van der Waals surface area contributed by atoms with Crippen LogP contribution >= 0.6 is 0 Å². The molecule has 26 heavy (non-hydrogen) atoms. The lowest BCUT2D eigenvalue weighted by Gasteiger charge is -2.30. The molecule has 2 atom stereocenters. The van der Waals surface area contributed by atoms with Crippen LogP contribution < -0.4 is 15.0 Å². The zero-order chi connectivity index (χ0) is 18.5. The van der Waals surface area contributed by atoms with E-state index >= 15 is 0 Å². The Hall–Kier alpha value is -2.47. The van der Waals surface area contributed by atoms with Crippen LogP contribution in [0.3, 0.4) is 0 Å². The topological polar surface area (TPSA) is 42.8 Å². The van der Waals surface area contributed by atoms with Crippen molar-refractivity contribution in [1.82, 2.24) is 0 Å². The first-order valence-corrected chi connectivity index (χ1v) is 8.78. The molecular weight excluding hydrogens is 338 g/mol. The lowest BCUT2D eigenvalue weighted by atomic mass is 9.87. The number of carbonyl (C=O) groups is 1. The molecule has 0 saturated heterocycles. The summed E-state index contributed by atoms with van der Waals surface area (Å²) in [7, 11) is 2.03. The van der Waals surface area contributed by atoms with Crippen LogP contribution in [-0.4, -0.2) is 26.1 Å². The fraction of sp³-hybridized carbons (Fsp3) is 0.350. The molecule has 0 aliphatic heterocycles. The monoisotopic (exact) mass is 361 g/mol. The van der Waals surface area contributed by atoms with E-state index in [1.165, 1.54) is 23.3 Å². The smallest absolute Gasteiger partial charge is 0.387 e. The summed E-state index contributed by atoms with van der Waals surface area (Å²) in [4.78, 5) is 13.5. The fourth-order valence-electron chi connectivity index (χ4n) is 3.57. The third-order valence-corrected chi connectivity index (χ3v) is 4.77. The van der Waals surface area contributed by atoms with E-state index in [9.17, 15) is 13.6 Å². The van der Waals surface area contributed by atoms with Gasteiger partial charge in [0.05, 0.1) is 7.05 Å². The van der Waals surface area contributed by atoms with E-state index in [0.29, 0.717) is 18.3 Å². The number of fused-ring (bicyclic) bond motifs is 1. The van der Waals surface area contributed by atoms with Gasteiger partial charge < -0.3 is 15.0 Å². The summed E-state index contributed by atoms with van der Waals surface area (Å²) in [5.74, 6) is -0.0346. The summed E-state index contributed by atoms with van der Waals surface area (Å²) >= 11 is 0. The number of anilines is 1. The molecule has 0 heterocycles. The highest BCUT2D eigenvalue weighted by Gasteiger charge is 2.27. The van der Waals surface area contributed by atoms with Gasteiger partial charge in [0.2, 0.25) is 0 Å². The number of rotatable bonds is 6. The molecule has 0 saturated carbocycles. The molecule has 2 N–H and O–H groups in total. The Morgan fingerprint density at radius 2 is 1.96 bits per heavy atom. The summed E-state index contributed by atoms with van der Waals surface area (Å²) in [6.45, 7) is -2.51. The first-order valence-electron chi connectivity index (χ1n) is 8.78. The van der Waals surface area contributed by atoms with E-state index in [1.807, 2.05) is 13.1 Å². The number of carbonyl (C=O) groups excluding carboxylic acids is 1. The molecule has 6 heteroatoms. The van der Waals surface area contributed by atoms with Crippen molar-refractivity contribution in [2.75, 3.05) is 18.9 Å². The van der Waals surface area contributed by atoms with Crippen molar-refractivity contribution in [3.05, 3.63) is 59.7 Å². The van der Waals surface area contributed by atoms with Gasteiger partial charge in [-0.3, -0.25) is 4.79 Å². The molecule has 1 amide bonds. The molecule has 3 rings (SSSR count). The van der Waals surface area contributed by atoms with Crippen LogP contribution in [0.4, 0.5) is 14.5 Å². The molecule has 1 aliphatic rings. The zero-order valence-corrected chi connectivity index (χ0v) is 14.7. The quantitative estimate of drug-likeness (QED) is 0.831. The van der Waals surface area contributed by atoms with Crippen LogP contribution in [0, 0.1) is 0 Å². The minimum atomic E-state index is -2.86. The number of ether oxygens (including phenoxy) is 1. The second-order valence-electron chi connectivity index (χ2n) is 6.62. The lowest BCUT2D eigenvalue weighted by molar-refractivity contribution is -0.905. The number of amides is 1. The molecule has 1 aliphatic carbocycles. The SMILES string of the molecule is C[NH+](CC(=O)Nc1ccc(OC(F)F)cc1)[C@H]1CCCc2ccccc21. The number of hydrogen-bond acceptors (Lipinski definition) is 2. The van der Waals surface area contributed by atoms with Gasteiger partial charge >= 0.3 is 6.61 Å². The Kier molecular flexibility index (Phi) is 5.83. The average Bonchev–Trinajstić information content (AvgIpc) is 2.62. The second-order valence-corrected chi connectivity index (χ2v) is 6.62. The Labute approximate surface area is 151 Å². The molecular formula is C20H23F2N2O2+. The zero-order valence-electron chi connectivity index (χ0n) is 14.7. The lowest BCUT2D eigenvalue weighted by Crippen LogP contribution is -3.10. The molecule has 0 fully saturated rings. The number of halogens is 2. The molecule has 4 nitrogen and oxygen atoms in total. The summed E-state index contributed by atoms with van der Waals surface area (Å²) in [5.41, 5.74) is 3.27. The van der Waals surface area contributed by atoms with Gasteiger partial charge in [-0.2, -0.15) is 8.78 Å². The number of quaternary nitrogens is 1. The standard InChI is InChI=1S/C20H22F2N2O2/c1-24(18-8-4-6-14-5-2-3-7-17(14)18)13-19(25)23-15-9-11-16(12-10-15)26-20(21)22/h2-3,5,7,9-12,18,20H,4,6,8,13H2,1H3,(H,23,25)/p+1/t18-/m0/s1. The van der Waals surface area contributed by atoms with E-state index in [-0.39, 0.29) is 11.7 Å². The predicted octanol–water partition coefficient (Wildman–Crippen LogP) is 2.82. The highest BCUT2D eigenvalue weighted by molar-refractivity contribution is 5.91. The van der Waals surface area contributed by atoms with Crippen LogP contribution in [0.1, 0.15) is 30.0 Å². The maximum Gasteiger partial charge on any atom is 0.387 e. The number of nitrogens with one attached hydrogen (secondary N) is 2. The number of benzene rings is 2. The third kappa shape index (κ3) is 4.58. The minimum Gasteiger partial charge on any atom is -0.435 e. The van der Waals surface area contributed by atoms with E-state index in [2.05, 4.69) is 28.3 Å². The second kappa shape index (κ2) is 8.27. The van der Waals surface area contributed by atoms with Gasteiger partial charge in [0.15, 0.2) is 6.54 Å². The van der Waals surface area contributed by atoms with E-state index in [0.717, 1.165) is 24.2 Å².